The van der Waals surface area contributed by atoms with E-state index in [4.69, 9.17) is 0 Å². The average Bonchev–Trinajstić information content (AvgIpc) is 2.01. The van der Waals surface area contributed by atoms with Crippen molar-refractivity contribution in [3.63, 3.8) is 0 Å². The molecule has 78 valence electrons. The highest BCUT2D eigenvalue weighted by molar-refractivity contribution is 5.16. The molecular weight excluding hydrogens is 172 g/mol. The van der Waals surface area contributed by atoms with Crippen LogP contribution in [0.15, 0.2) is 18.5 Å². The third-order valence-electron chi connectivity index (χ3n) is 1.92. The van der Waals surface area contributed by atoms with Crippen LogP contribution in [0.25, 0.3) is 0 Å². The lowest BCUT2D eigenvalue weighted by molar-refractivity contribution is 0.379. The summed E-state index contributed by atoms with van der Waals surface area (Å²) in [5, 5.41) is 3.43. The average molecular weight is 192 g/mol. The predicted molar refractivity (Wildman–Crippen MR) is 60.1 cm³/mol. The molecule has 1 N–H and O–H groups in total. The van der Waals surface area contributed by atoms with Gasteiger partial charge in [0.2, 0.25) is 0 Å². The Labute approximate surface area is 86.8 Å². The summed E-state index contributed by atoms with van der Waals surface area (Å²) < 4.78 is 0. The van der Waals surface area contributed by atoms with Crippen molar-refractivity contribution >= 4 is 0 Å². The zero-order valence-corrected chi connectivity index (χ0v) is 9.59. The van der Waals surface area contributed by atoms with Crippen LogP contribution in [0.1, 0.15) is 31.9 Å². The van der Waals surface area contributed by atoms with Gasteiger partial charge in [0.15, 0.2) is 0 Å². The van der Waals surface area contributed by atoms with Gasteiger partial charge in [0.1, 0.15) is 0 Å². The Kier molecular flexibility index (Phi) is 3.64. The van der Waals surface area contributed by atoms with Gasteiger partial charge in [-0.1, -0.05) is 26.8 Å². The Hall–Kier alpha value is -0.890. The zero-order valence-electron chi connectivity index (χ0n) is 9.59. The zero-order chi connectivity index (χ0) is 10.6. The van der Waals surface area contributed by atoms with Crippen molar-refractivity contribution in [2.24, 2.45) is 5.41 Å². The second kappa shape index (κ2) is 4.56. The Morgan fingerprint density at radius 2 is 2.00 bits per heavy atom. The number of hydrogen-bond donors (Lipinski definition) is 1. The highest BCUT2D eigenvalue weighted by Crippen LogP contribution is 2.10. The van der Waals surface area contributed by atoms with Crippen molar-refractivity contribution in [3.8, 4) is 0 Å². The largest absolute Gasteiger partial charge is 0.312 e. The van der Waals surface area contributed by atoms with E-state index in [1.165, 1.54) is 11.1 Å². The first-order valence-corrected chi connectivity index (χ1v) is 5.09. The maximum absolute atomic E-state index is 4.16. The van der Waals surface area contributed by atoms with Crippen LogP contribution in [-0.4, -0.2) is 11.5 Å². The van der Waals surface area contributed by atoms with Gasteiger partial charge in [-0.05, 0) is 23.5 Å². The van der Waals surface area contributed by atoms with Gasteiger partial charge in [-0.3, -0.25) is 4.98 Å². The highest BCUT2D eigenvalue weighted by Gasteiger charge is 2.08. The topological polar surface area (TPSA) is 24.9 Å². The molecule has 0 aliphatic heterocycles. The summed E-state index contributed by atoms with van der Waals surface area (Å²) in [5.41, 5.74) is 2.83. The molecule has 2 heteroatoms. The second-order valence-corrected chi connectivity index (χ2v) is 5.03. The third kappa shape index (κ3) is 4.38. The lowest BCUT2D eigenvalue weighted by Crippen LogP contribution is -2.26. The van der Waals surface area contributed by atoms with Crippen molar-refractivity contribution < 1.29 is 0 Å². The van der Waals surface area contributed by atoms with Crippen molar-refractivity contribution in [3.05, 3.63) is 29.6 Å². The van der Waals surface area contributed by atoms with Crippen LogP contribution in [-0.2, 0) is 6.54 Å². The van der Waals surface area contributed by atoms with Crippen LogP contribution in [0.4, 0.5) is 0 Å². The highest BCUT2D eigenvalue weighted by atomic mass is 14.9. The maximum Gasteiger partial charge on any atom is 0.0313 e. The minimum atomic E-state index is 0.344. The second-order valence-electron chi connectivity index (χ2n) is 5.03. The molecule has 0 aliphatic rings. The molecule has 2 nitrogen and oxygen atoms in total. The summed E-state index contributed by atoms with van der Waals surface area (Å²) in [6.07, 6.45) is 3.80. The quantitative estimate of drug-likeness (QED) is 0.796. The summed E-state index contributed by atoms with van der Waals surface area (Å²) >= 11 is 0. The molecule has 0 atom stereocenters. The molecule has 0 radical (unpaired) electrons. The summed E-state index contributed by atoms with van der Waals surface area (Å²) in [4.78, 5) is 4.16. The van der Waals surface area contributed by atoms with Gasteiger partial charge >= 0.3 is 0 Å². The molecule has 0 fully saturated rings. The van der Waals surface area contributed by atoms with Crippen LogP contribution in [0, 0.1) is 12.3 Å². The normalized spacial score (nSPS) is 11.7. The van der Waals surface area contributed by atoms with E-state index in [0.29, 0.717) is 5.41 Å². The first-order chi connectivity index (χ1) is 6.47. The van der Waals surface area contributed by atoms with Crippen molar-refractivity contribution in [2.45, 2.75) is 34.2 Å². The Morgan fingerprint density at radius 3 is 2.57 bits per heavy atom. The van der Waals surface area contributed by atoms with E-state index in [0.717, 1.165) is 13.1 Å². The fourth-order valence-corrected chi connectivity index (χ4v) is 1.30. The summed E-state index contributed by atoms with van der Waals surface area (Å²) in [6.45, 7) is 10.7. The van der Waals surface area contributed by atoms with Crippen molar-refractivity contribution in [2.75, 3.05) is 6.54 Å². The molecule has 1 aromatic rings. The van der Waals surface area contributed by atoms with E-state index in [1.807, 2.05) is 12.4 Å². The lowest BCUT2D eigenvalue weighted by Gasteiger charge is -2.18. The van der Waals surface area contributed by atoms with Crippen LogP contribution in [0.2, 0.25) is 0 Å². The summed E-state index contributed by atoms with van der Waals surface area (Å²) in [6, 6.07) is 2.17. The number of hydrogen-bond acceptors (Lipinski definition) is 2. The molecule has 0 aromatic carbocycles. The van der Waals surface area contributed by atoms with Gasteiger partial charge in [0.05, 0.1) is 0 Å². The number of nitrogens with zero attached hydrogens (tertiary/aromatic N) is 1. The first-order valence-electron chi connectivity index (χ1n) is 5.09. The summed E-state index contributed by atoms with van der Waals surface area (Å²) in [7, 11) is 0. The monoisotopic (exact) mass is 192 g/mol. The van der Waals surface area contributed by atoms with Crippen LogP contribution in [0.5, 0.6) is 0 Å². The molecule has 1 aromatic heterocycles. The number of aryl methyl sites for hydroxylation is 1. The van der Waals surface area contributed by atoms with Gasteiger partial charge in [0.25, 0.3) is 0 Å². The minimum absolute atomic E-state index is 0.344. The fourth-order valence-electron chi connectivity index (χ4n) is 1.30. The number of rotatable bonds is 3. The molecule has 14 heavy (non-hydrogen) atoms. The maximum atomic E-state index is 4.16. The molecule has 1 rings (SSSR count). The molecule has 0 saturated heterocycles. The Balaban J connectivity index is 2.39. The van der Waals surface area contributed by atoms with E-state index in [9.17, 15) is 0 Å². The molecular formula is C12H20N2. The van der Waals surface area contributed by atoms with E-state index in [1.54, 1.807) is 0 Å². The predicted octanol–water partition coefficient (Wildman–Crippen LogP) is 2.53. The number of aromatic nitrogens is 1. The molecule has 0 aliphatic carbocycles. The van der Waals surface area contributed by atoms with Gasteiger partial charge < -0.3 is 5.32 Å². The smallest absolute Gasteiger partial charge is 0.0313 e. The molecule has 0 amide bonds. The Bertz CT molecular complexity index is 287. The van der Waals surface area contributed by atoms with E-state index in [-0.39, 0.29) is 0 Å². The van der Waals surface area contributed by atoms with Crippen molar-refractivity contribution in [1.29, 1.82) is 0 Å². The van der Waals surface area contributed by atoms with Crippen molar-refractivity contribution in [1.82, 2.24) is 10.3 Å². The van der Waals surface area contributed by atoms with Gasteiger partial charge in [-0.25, -0.2) is 0 Å². The lowest BCUT2D eigenvalue weighted by atomic mass is 9.97. The molecule has 0 unspecified atom stereocenters. The standard InChI is InChI=1S/C12H20N2/c1-10-5-11(7-13-6-10)8-14-9-12(2,3)4/h5-7,14H,8-9H2,1-4H3. The third-order valence-corrected chi connectivity index (χ3v) is 1.92. The number of pyridine rings is 1. The number of nitrogens with one attached hydrogen (secondary N) is 1. The molecule has 0 bridgehead atoms. The van der Waals surface area contributed by atoms with Crippen LogP contribution >= 0.6 is 0 Å². The van der Waals surface area contributed by atoms with Crippen LogP contribution < -0.4 is 5.32 Å². The van der Waals surface area contributed by atoms with Gasteiger partial charge in [-0.2, -0.15) is 0 Å². The minimum Gasteiger partial charge on any atom is -0.312 e. The molecule has 0 saturated carbocycles. The molecule has 1 heterocycles. The molecule has 0 spiro atoms. The van der Waals surface area contributed by atoms with E-state index >= 15 is 0 Å². The van der Waals surface area contributed by atoms with Gasteiger partial charge in [0, 0.05) is 25.5 Å². The van der Waals surface area contributed by atoms with E-state index in [2.05, 4.69) is 44.1 Å². The first kappa shape index (κ1) is 11.2. The van der Waals surface area contributed by atoms with Gasteiger partial charge in [-0.15, -0.1) is 0 Å². The Morgan fingerprint density at radius 1 is 1.29 bits per heavy atom. The summed E-state index contributed by atoms with van der Waals surface area (Å²) in [5.74, 6) is 0. The van der Waals surface area contributed by atoms with Crippen LogP contribution in [0.3, 0.4) is 0 Å². The fraction of sp³-hybridized carbons (Fsp3) is 0.583. The SMILES string of the molecule is Cc1cncc(CNCC(C)(C)C)c1. The van der Waals surface area contributed by atoms with E-state index < -0.39 is 0 Å².